The molecule has 16 nitrogen and oxygen atoms in total. The lowest BCUT2D eigenvalue weighted by atomic mass is 9.69. The summed E-state index contributed by atoms with van der Waals surface area (Å²) in [6.45, 7) is -1.69. The number of allylic oxidation sites excluding steroid dienone is 2. The summed E-state index contributed by atoms with van der Waals surface area (Å²) >= 11 is 0. The van der Waals surface area contributed by atoms with Crippen LogP contribution in [0.25, 0.3) is 6.08 Å². The lowest BCUT2D eigenvalue weighted by Crippen LogP contribution is -2.71. The molecular formula is C27H32O16. The van der Waals surface area contributed by atoms with Crippen molar-refractivity contribution < 1.29 is 80.3 Å². The Morgan fingerprint density at radius 1 is 0.930 bits per heavy atom. The Morgan fingerprint density at radius 2 is 1.56 bits per heavy atom. The number of hydrogen-bond acceptors (Lipinski definition) is 16. The van der Waals surface area contributed by atoms with Gasteiger partial charge in [-0.3, -0.25) is 9.59 Å². The van der Waals surface area contributed by atoms with E-state index in [1.165, 1.54) is 30.3 Å². The Hall–Kier alpha value is -3.26. The van der Waals surface area contributed by atoms with Crippen LogP contribution in [0.4, 0.5) is 0 Å². The Bertz CT molecular complexity index is 1320. The molecule has 0 radical (unpaired) electrons. The summed E-state index contributed by atoms with van der Waals surface area (Å²) in [5, 5.41) is 125. The van der Waals surface area contributed by atoms with Crippen molar-refractivity contribution in [2.45, 2.75) is 66.6 Å². The summed E-state index contributed by atoms with van der Waals surface area (Å²) in [6, 6.07) is 5.37. The first-order valence-electron chi connectivity index (χ1n) is 13.0. The number of phenols is 1. The number of rotatable bonds is 6. The molecule has 12 N–H and O–H groups in total. The van der Waals surface area contributed by atoms with E-state index in [0.29, 0.717) is 5.56 Å². The molecule has 1 aliphatic carbocycles. The first-order valence-corrected chi connectivity index (χ1v) is 13.0. The molecule has 0 spiro atoms. The molecule has 16 heteroatoms. The fourth-order valence-corrected chi connectivity index (χ4v) is 5.18. The molecular weight excluding hydrogens is 580 g/mol. The van der Waals surface area contributed by atoms with Crippen LogP contribution in [0.2, 0.25) is 0 Å². The normalized spacial score (nSPS) is 39.3. The zero-order chi connectivity index (χ0) is 32.0. The van der Waals surface area contributed by atoms with Crippen LogP contribution in [0.15, 0.2) is 53.0 Å². The van der Waals surface area contributed by atoms with Crippen molar-refractivity contribution in [1.82, 2.24) is 0 Å². The third-order valence-corrected chi connectivity index (χ3v) is 7.69. The van der Waals surface area contributed by atoms with E-state index < -0.39 is 114 Å². The van der Waals surface area contributed by atoms with Crippen molar-refractivity contribution in [3.63, 3.8) is 0 Å². The van der Waals surface area contributed by atoms with Gasteiger partial charge in [-0.15, -0.1) is 0 Å². The van der Waals surface area contributed by atoms with Gasteiger partial charge in [-0.1, -0.05) is 18.2 Å². The quantitative estimate of drug-likeness (QED) is 0.0820. The minimum absolute atomic E-state index is 0.0887. The molecule has 4 rings (SSSR count). The van der Waals surface area contributed by atoms with Gasteiger partial charge in [0.15, 0.2) is 0 Å². The lowest BCUT2D eigenvalue weighted by Gasteiger charge is -2.47. The Balaban J connectivity index is 1.88. The van der Waals surface area contributed by atoms with Gasteiger partial charge >= 0.3 is 0 Å². The maximum atomic E-state index is 13.8. The predicted octanol–water partition coefficient (Wildman–Crippen LogP) is -4.40. The standard InChI is InChI=1S/C27H32O16/c28-7-13-17(33)20(36)22(38)26(43-13)27(41)24(39)14(11(30)6-3-9-1-4-10(29)5-2-9)18(34)15(25(27)40)19(35)23-21(37)16(32)12(31)8-42-23/h1-6,12-13,16-17,19-23,26,28-38,41H,7-8H2/b6-3+,14-11+/t12-,13+,16+,17+,19?,20-,21+,22+,23?,26?,27?/m0/s1. The number of carbonyl (C=O) groups is 2. The lowest BCUT2D eigenvalue weighted by molar-refractivity contribution is -0.261. The van der Waals surface area contributed by atoms with Crippen LogP contribution < -0.4 is 0 Å². The zero-order valence-electron chi connectivity index (χ0n) is 22.2. The number of aromatic hydroxyl groups is 1. The third-order valence-electron chi connectivity index (χ3n) is 7.69. The molecule has 43 heavy (non-hydrogen) atoms. The van der Waals surface area contributed by atoms with Gasteiger partial charge < -0.3 is 70.8 Å². The molecule has 2 aliphatic heterocycles. The van der Waals surface area contributed by atoms with E-state index in [0.717, 1.165) is 6.08 Å². The molecule has 3 aliphatic rings. The van der Waals surface area contributed by atoms with Crippen molar-refractivity contribution >= 4 is 17.6 Å². The van der Waals surface area contributed by atoms with Crippen molar-refractivity contribution in [2.75, 3.05) is 13.2 Å². The topological polar surface area (TPSA) is 295 Å². The number of ether oxygens (including phenoxy) is 2. The Kier molecular flexibility index (Phi) is 9.41. The average Bonchev–Trinajstić information content (AvgIpc) is 2.97. The van der Waals surface area contributed by atoms with E-state index in [9.17, 15) is 70.9 Å². The third kappa shape index (κ3) is 5.59. The van der Waals surface area contributed by atoms with Crippen LogP contribution in [0.1, 0.15) is 5.56 Å². The number of phenolic OH excluding ortho intramolecular Hbond substituents is 1. The first kappa shape index (κ1) is 32.6. The minimum atomic E-state index is -3.65. The number of aliphatic hydroxyl groups excluding tert-OH is 10. The van der Waals surface area contributed by atoms with Crippen LogP contribution in [0, 0.1) is 0 Å². The number of hydrogen-bond donors (Lipinski definition) is 12. The van der Waals surface area contributed by atoms with Crippen molar-refractivity contribution in [3.8, 4) is 5.75 Å². The monoisotopic (exact) mass is 612 g/mol. The van der Waals surface area contributed by atoms with Gasteiger partial charge in [-0.25, -0.2) is 0 Å². The Labute approximate surface area is 242 Å². The van der Waals surface area contributed by atoms with Crippen LogP contribution in [0.3, 0.4) is 0 Å². The van der Waals surface area contributed by atoms with Gasteiger partial charge in [0.1, 0.15) is 83.9 Å². The second-order valence-electron chi connectivity index (χ2n) is 10.4. The number of Topliss-reactive ketones (excluding diaryl/α,β-unsaturated/α-hetero) is 2. The van der Waals surface area contributed by atoms with E-state index >= 15 is 0 Å². The van der Waals surface area contributed by atoms with Gasteiger partial charge in [0.05, 0.1) is 18.8 Å². The van der Waals surface area contributed by atoms with Crippen molar-refractivity contribution in [2.24, 2.45) is 0 Å². The maximum Gasteiger partial charge on any atom is 0.219 e. The summed E-state index contributed by atoms with van der Waals surface area (Å²) in [4.78, 5) is 27.5. The van der Waals surface area contributed by atoms with Crippen LogP contribution >= 0.6 is 0 Å². The van der Waals surface area contributed by atoms with E-state index in [2.05, 4.69) is 0 Å². The summed E-state index contributed by atoms with van der Waals surface area (Å²) in [5.41, 5.74) is -5.76. The van der Waals surface area contributed by atoms with Gasteiger partial charge in [0.2, 0.25) is 17.2 Å². The van der Waals surface area contributed by atoms with Crippen LogP contribution in [0.5, 0.6) is 5.75 Å². The maximum absolute atomic E-state index is 13.8. The summed E-state index contributed by atoms with van der Waals surface area (Å²) in [6.07, 6.45) is -18.7. The number of ketones is 2. The van der Waals surface area contributed by atoms with E-state index in [4.69, 9.17) is 9.47 Å². The highest BCUT2D eigenvalue weighted by Crippen LogP contribution is 2.41. The highest BCUT2D eigenvalue weighted by Gasteiger charge is 2.65. The predicted molar refractivity (Wildman–Crippen MR) is 139 cm³/mol. The number of carbonyl (C=O) groups excluding carboxylic acids is 2. The molecule has 1 aromatic rings. The molecule has 2 saturated heterocycles. The molecule has 4 unspecified atom stereocenters. The molecule has 0 bridgehead atoms. The molecule has 0 aromatic heterocycles. The second-order valence-corrected chi connectivity index (χ2v) is 10.4. The summed E-state index contributed by atoms with van der Waals surface area (Å²) < 4.78 is 10.4. The molecule has 0 saturated carbocycles. The summed E-state index contributed by atoms with van der Waals surface area (Å²) in [5.74, 6) is -6.22. The van der Waals surface area contributed by atoms with Crippen molar-refractivity contribution in [3.05, 3.63) is 58.6 Å². The molecule has 2 fully saturated rings. The molecule has 1 aromatic carbocycles. The Morgan fingerprint density at radius 3 is 2.16 bits per heavy atom. The van der Waals surface area contributed by atoms with Gasteiger partial charge in [0.25, 0.3) is 0 Å². The van der Waals surface area contributed by atoms with E-state index in [1.807, 2.05) is 0 Å². The molecule has 236 valence electrons. The SMILES string of the molecule is O=C1C(C(O)C2OC[C@H](O)[C@@H](O)[C@H]2O)=C(O)/C(=C(O)/C=C/c2ccc(O)cc2)C(=O)C1(O)C1O[C@H](CO)[C@@H](O)[C@H](O)[C@H]1O. The zero-order valence-corrected chi connectivity index (χ0v) is 22.2. The molecule has 2 heterocycles. The number of benzene rings is 1. The van der Waals surface area contributed by atoms with Gasteiger partial charge in [-0.2, -0.15) is 0 Å². The fourth-order valence-electron chi connectivity index (χ4n) is 5.18. The van der Waals surface area contributed by atoms with Gasteiger partial charge in [-0.05, 0) is 23.8 Å². The van der Waals surface area contributed by atoms with E-state index in [1.54, 1.807) is 0 Å². The average molecular weight is 613 g/mol. The second kappa shape index (κ2) is 12.4. The van der Waals surface area contributed by atoms with Crippen LogP contribution in [-0.4, -0.2) is 153 Å². The van der Waals surface area contributed by atoms with Gasteiger partial charge in [0, 0.05) is 0 Å². The number of aliphatic hydroxyl groups is 11. The van der Waals surface area contributed by atoms with Crippen LogP contribution in [-0.2, 0) is 19.1 Å². The molecule has 11 atom stereocenters. The highest BCUT2D eigenvalue weighted by molar-refractivity contribution is 6.28. The van der Waals surface area contributed by atoms with Crippen molar-refractivity contribution in [1.29, 1.82) is 0 Å². The molecule has 0 amide bonds. The first-order chi connectivity index (χ1) is 20.2. The highest BCUT2D eigenvalue weighted by atomic mass is 16.6. The minimum Gasteiger partial charge on any atom is -0.508 e. The summed E-state index contributed by atoms with van der Waals surface area (Å²) in [7, 11) is 0. The smallest absolute Gasteiger partial charge is 0.219 e. The largest absolute Gasteiger partial charge is 0.508 e. The fraction of sp³-hybridized carbons (Fsp3) is 0.481. The van der Waals surface area contributed by atoms with E-state index in [-0.39, 0.29) is 5.75 Å².